The number of benzene rings is 4. The monoisotopic (exact) mass is 608 g/mol. The van der Waals surface area contributed by atoms with Gasteiger partial charge in [0.15, 0.2) is 0 Å². The summed E-state index contributed by atoms with van der Waals surface area (Å²) in [5.74, 6) is -0.131. The number of halogens is 1. The maximum atomic E-state index is 13.4. The number of hydrogen-bond donors (Lipinski definition) is 1. The van der Waals surface area contributed by atoms with Crippen LogP contribution in [0.25, 0.3) is 10.8 Å². The molecule has 1 atom stereocenters. The van der Waals surface area contributed by atoms with Gasteiger partial charge in [-0.3, -0.25) is 0 Å². The van der Waals surface area contributed by atoms with Crippen molar-refractivity contribution in [3.8, 4) is 0 Å². The first-order chi connectivity index (χ1) is 18.3. The minimum absolute atomic E-state index is 0.0125. The van der Waals surface area contributed by atoms with Crippen LogP contribution in [0.4, 0.5) is 0 Å². The zero-order valence-electron chi connectivity index (χ0n) is 20.1. The van der Waals surface area contributed by atoms with Crippen molar-refractivity contribution in [2.75, 3.05) is 6.54 Å². The normalized spacial score (nSPS) is 16.9. The summed E-state index contributed by atoms with van der Waals surface area (Å²) in [5.41, 5.74) is 8.57. The molecule has 7 nitrogen and oxygen atoms in total. The van der Waals surface area contributed by atoms with E-state index in [-0.39, 0.29) is 21.5 Å². The van der Waals surface area contributed by atoms with Crippen LogP contribution in [-0.4, -0.2) is 52.4 Å². The van der Waals surface area contributed by atoms with E-state index in [2.05, 4.69) is 37.5 Å². The fraction of sp³-hybridized carbons (Fsp3) is 0.107. The van der Waals surface area contributed by atoms with Gasteiger partial charge < -0.3 is 0 Å². The molecule has 1 unspecified atom stereocenters. The molecule has 10 heteroatoms. The third kappa shape index (κ3) is 5.81. The zero-order valence-corrected chi connectivity index (χ0v) is 23.4. The average Bonchev–Trinajstić information content (AvgIpc) is 2.92. The molecule has 5 rings (SSSR count). The summed E-state index contributed by atoms with van der Waals surface area (Å²) in [6.45, 7) is 0.388. The molecule has 38 heavy (non-hydrogen) atoms. The fourth-order valence-electron chi connectivity index (χ4n) is 4.38. The van der Waals surface area contributed by atoms with Crippen molar-refractivity contribution in [1.29, 1.82) is 0 Å². The van der Waals surface area contributed by atoms with Crippen LogP contribution in [0, 0.1) is 0 Å². The summed E-state index contributed by atoms with van der Waals surface area (Å²) in [5, 5.41) is 8.69. The summed E-state index contributed by atoms with van der Waals surface area (Å²) in [7, 11) is -4.12. The van der Waals surface area contributed by atoms with Gasteiger partial charge in [-0.2, -0.15) is 0 Å². The van der Waals surface area contributed by atoms with Crippen molar-refractivity contribution in [3.63, 3.8) is 0 Å². The Hall–Kier alpha value is -3.49. The number of nitrogens with two attached hydrogens (primary N) is 1. The van der Waals surface area contributed by atoms with Gasteiger partial charge in [0.2, 0.25) is 0 Å². The Morgan fingerprint density at radius 3 is 2.34 bits per heavy atom. The summed E-state index contributed by atoms with van der Waals surface area (Å²) in [6, 6.07) is 29.9. The van der Waals surface area contributed by atoms with Crippen LogP contribution in [-0.2, 0) is 10.0 Å². The second-order valence-electron chi connectivity index (χ2n) is 8.69. The van der Waals surface area contributed by atoms with Gasteiger partial charge in [-0.1, -0.05) is 0 Å². The van der Waals surface area contributed by atoms with Crippen molar-refractivity contribution in [2.45, 2.75) is 17.2 Å². The van der Waals surface area contributed by atoms with E-state index in [0.29, 0.717) is 18.0 Å². The van der Waals surface area contributed by atoms with E-state index in [4.69, 9.17) is 22.4 Å². The number of fused-ring (bicyclic) bond motifs is 1. The van der Waals surface area contributed by atoms with Crippen LogP contribution in [0.5, 0.6) is 0 Å². The average molecular weight is 608 g/mol. The van der Waals surface area contributed by atoms with Gasteiger partial charge in [-0.15, -0.1) is 0 Å². The molecule has 2 N–H and O–H groups in total. The topological polar surface area (TPSA) is 100 Å². The Balaban J connectivity index is 1.60. The van der Waals surface area contributed by atoms with E-state index in [1.54, 1.807) is 24.3 Å². The molecule has 1 heterocycles. The number of guanidine groups is 1. The Bertz CT molecular complexity index is 1670. The molecule has 0 fully saturated rings. The van der Waals surface area contributed by atoms with E-state index in [1.807, 2.05) is 54.6 Å². The molecule has 191 valence electrons. The van der Waals surface area contributed by atoms with Gasteiger partial charge >= 0.3 is 235 Å². The fourth-order valence-corrected chi connectivity index (χ4v) is 5.65. The zero-order chi connectivity index (χ0) is 26.7. The molecule has 0 aliphatic carbocycles. The first-order valence-corrected chi connectivity index (χ1v) is 14.5. The SMILES string of the molecule is NC([Se])=NC(=NS(=O)(=O)c1ccc2ccccc2c1)N1CCC(c2ccccc2)C(c2ccc(Cl)cc2)=N1. The summed E-state index contributed by atoms with van der Waals surface area (Å²) in [4.78, 5) is 4.28. The number of rotatable bonds is 4. The molecule has 0 amide bonds. The van der Waals surface area contributed by atoms with Crippen molar-refractivity contribution in [2.24, 2.45) is 20.2 Å². The first kappa shape index (κ1) is 26.1. The van der Waals surface area contributed by atoms with Crippen molar-refractivity contribution in [1.82, 2.24) is 5.01 Å². The van der Waals surface area contributed by atoms with E-state index < -0.39 is 10.0 Å². The summed E-state index contributed by atoms with van der Waals surface area (Å²) < 4.78 is 30.9. The second kappa shape index (κ2) is 11.1. The van der Waals surface area contributed by atoms with E-state index in [0.717, 1.165) is 27.6 Å². The van der Waals surface area contributed by atoms with Crippen LogP contribution in [0.2, 0.25) is 5.02 Å². The maximum absolute atomic E-state index is 13.4. The molecular weight excluding hydrogens is 585 g/mol. The van der Waals surface area contributed by atoms with Crippen molar-refractivity contribution >= 4 is 64.8 Å². The molecule has 4 aromatic rings. The van der Waals surface area contributed by atoms with Crippen LogP contribution in [0.3, 0.4) is 0 Å². The van der Waals surface area contributed by atoms with Gasteiger partial charge in [0.05, 0.1) is 0 Å². The molecule has 4 aromatic carbocycles. The molecule has 1 aliphatic rings. The number of hydrogen-bond acceptors (Lipinski definition) is 3. The number of hydrazone groups is 1. The number of nitrogens with zero attached hydrogens (tertiary/aromatic N) is 4. The van der Waals surface area contributed by atoms with Crippen LogP contribution < -0.4 is 5.73 Å². The van der Waals surface area contributed by atoms with Crippen LogP contribution >= 0.6 is 11.6 Å². The molecule has 0 bridgehead atoms. The summed E-state index contributed by atoms with van der Waals surface area (Å²) >= 11 is 8.74. The van der Waals surface area contributed by atoms with Gasteiger partial charge in [-0.25, -0.2) is 0 Å². The standard InChI is InChI=1S/C28H23ClN5O2SSe/c29-23-13-10-21(11-14-23)26-25(20-7-2-1-3-8-20)16-17-34(32-26)28(31-27(30)38)33-37(35,36)24-15-12-19-6-4-5-9-22(19)18-24/h1-15,18,25H,16-17H2,(H2,30,31,33). The number of sulfonamides is 1. The minimum atomic E-state index is -4.12. The Morgan fingerprint density at radius 2 is 1.63 bits per heavy atom. The molecular formula is C28H23ClN5O2SSe. The first-order valence-electron chi connectivity index (χ1n) is 11.8. The molecule has 0 spiro atoms. The van der Waals surface area contributed by atoms with Gasteiger partial charge in [0.25, 0.3) is 0 Å². The van der Waals surface area contributed by atoms with E-state index >= 15 is 0 Å². The Morgan fingerprint density at radius 1 is 0.947 bits per heavy atom. The Kier molecular flexibility index (Phi) is 7.63. The second-order valence-corrected chi connectivity index (χ2v) is 11.6. The molecule has 1 aliphatic heterocycles. The van der Waals surface area contributed by atoms with Crippen LogP contribution in [0.15, 0.2) is 116 Å². The van der Waals surface area contributed by atoms with Gasteiger partial charge in [-0.05, 0) is 0 Å². The van der Waals surface area contributed by atoms with Gasteiger partial charge in [0.1, 0.15) is 0 Å². The third-order valence-corrected chi connectivity index (χ3v) is 7.89. The summed E-state index contributed by atoms with van der Waals surface area (Å²) in [6.07, 6.45) is 0.656. The molecule has 1 radical (unpaired) electrons. The quantitative estimate of drug-likeness (QED) is 0.202. The van der Waals surface area contributed by atoms with Crippen LogP contribution in [0.1, 0.15) is 23.5 Å². The molecule has 0 saturated heterocycles. The van der Waals surface area contributed by atoms with Gasteiger partial charge in [0, 0.05) is 0 Å². The van der Waals surface area contributed by atoms with Crippen molar-refractivity contribution in [3.05, 3.63) is 113 Å². The predicted octanol–water partition coefficient (Wildman–Crippen LogP) is 4.91. The molecule has 0 saturated carbocycles. The van der Waals surface area contributed by atoms with E-state index in [1.165, 1.54) is 11.1 Å². The predicted molar refractivity (Wildman–Crippen MR) is 154 cm³/mol. The molecule has 0 aromatic heterocycles. The number of amidine groups is 1. The third-order valence-electron chi connectivity index (χ3n) is 6.19. The van der Waals surface area contributed by atoms with E-state index in [9.17, 15) is 8.42 Å². The Labute approximate surface area is 234 Å². The van der Waals surface area contributed by atoms with Crippen molar-refractivity contribution < 1.29 is 8.42 Å². The number of aliphatic imine (C=N–C) groups is 1.